The van der Waals surface area contributed by atoms with E-state index in [4.69, 9.17) is 29.0 Å². The lowest BCUT2D eigenvalue weighted by atomic mass is 10.0. The fourth-order valence-corrected chi connectivity index (χ4v) is 5.96. The summed E-state index contributed by atoms with van der Waals surface area (Å²) in [4.78, 5) is 46.1. The Labute approximate surface area is 418 Å². The quantitative estimate of drug-likeness (QED) is 0.0765. The lowest BCUT2D eigenvalue weighted by Gasteiger charge is -2.02. The van der Waals surface area contributed by atoms with E-state index in [1.807, 2.05) is 89.2 Å². The number of nitrogens with zero attached hydrogens (tertiary/aromatic N) is 4. The number of amidine groups is 1. The summed E-state index contributed by atoms with van der Waals surface area (Å²) in [5, 5.41) is 41.7. The Morgan fingerprint density at radius 2 is 1.30 bits per heavy atom. The van der Waals surface area contributed by atoms with Crippen LogP contribution < -0.4 is 21.5 Å². The van der Waals surface area contributed by atoms with E-state index in [-0.39, 0.29) is 40.7 Å². The second-order valence-corrected chi connectivity index (χ2v) is 19.3. The molecule has 0 atom stereocenters. The van der Waals surface area contributed by atoms with Crippen molar-refractivity contribution in [2.75, 3.05) is 14.1 Å². The van der Waals surface area contributed by atoms with Crippen molar-refractivity contribution in [3.05, 3.63) is 104 Å². The molecular weight excluding hydrogens is 921 g/mol. The van der Waals surface area contributed by atoms with Crippen molar-refractivity contribution >= 4 is 40.5 Å². The van der Waals surface area contributed by atoms with Crippen LogP contribution in [0.25, 0.3) is 0 Å². The summed E-state index contributed by atoms with van der Waals surface area (Å²) in [7, 11) is 3.28. The van der Waals surface area contributed by atoms with Gasteiger partial charge in [-0.1, -0.05) is 111 Å². The molecule has 6 rings (SSSR count). The van der Waals surface area contributed by atoms with Crippen LogP contribution in [0.3, 0.4) is 0 Å². The molecular formula is C50H82N8O9S2. The monoisotopic (exact) mass is 1000 g/mol. The van der Waals surface area contributed by atoms with Crippen LogP contribution in [-0.4, -0.2) is 66.6 Å². The van der Waals surface area contributed by atoms with E-state index in [0.29, 0.717) is 52.5 Å². The van der Waals surface area contributed by atoms with E-state index in [1.54, 1.807) is 49.2 Å². The van der Waals surface area contributed by atoms with Crippen molar-refractivity contribution in [1.29, 1.82) is 0 Å². The van der Waals surface area contributed by atoms with Crippen LogP contribution in [0.4, 0.5) is 0 Å². The van der Waals surface area contributed by atoms with Crippen LogP contribution in [0.2, 0.25) is 0 Å². The van der Waals surface area contributed by atoms with Crippen LogP contribution >= 0.6 is 22.9 Å². The fraction of sp³-hybridized carbons (Fsp3) is 0.540. The van der Waals surface area contributed by atoms with Gasteiger partial charge in [0, 0.05) is 77.1 Å². The van der Waals surface area contributed by atoms with E-state index < -0.39 is 0 Å². The number of thiophene rings is 1. The first kappa shape index (κ1) is 65.1. The summed E-state index contributed by atoms with van der Waals surface area (Å²) in [6.07, 6.45) is 5.87. The number of carbonyl (C=O) groups is 2. The number of aryl methyl sites for hydroxylation is 1. The molecule has 5 aromatic heterocycles. The first-order valence-electron chi connectivity index (χ1n) is 22.8. The molecule has 0 spiro atoms. The molecule has 0 unspecified atom stereocenters. The highest BCUT2D eigenvalue weighted by Gasteiger charge is 2.12. The molecule has 0 fully saturated rings. The number of H-pyrrole nitrogens is 1. The highest BCUT2D eigenvalue weighted by atomic mass is 32.1. The Morgan fingerprint density at radius 1 is 0.725 bits per heavy atom. The van der Waals surface area contributed by atoms with Gasteiger partial charge in [0.15, 0.2) is 11.2 Å². The zero-order valence-electron chi connectivity index (χ0n) is 44.3. The summed E-state index contributed by atoms with van der Waals surface area (Å²) < 4.78 is 14.0. The molecule has 0 saturated carbocycles. The zero-order valence-corrected chi connectivity index (χ0v) is 46.0. The number of hydrogen-bond donors (Lipinski definition) is 7. The lowest BCUT2D eigenvalue weighted by Crippen LogP contribution is -2.22. The maximum atomic E-state index is 11.4. The summed E-state index contributed by atoms with van der Waals surface area (Å²) in [5.41, 5.74) is 5.00. The molecule has 0 aliphatic carbocycles. The highest BCUT2D eigenvalue weighted by Crippen LogP contribution is 2.27. The Morgan fingerprint density at radius 3 is 1.52 bits per heavy atom. The van der Waals surface area contributed by atoms with E-state index in [2.05, 4.69) is 74.9 Å². The van der Waals surface area contributed by atoms with Crippen molar-refractivity contribution in [2.45, 2.75) is 147 Å². The number of hydroxylamine groups is 1. The third kappa shape index (κ3) is 28.9. The predicted molar refractivity (Wildman–Crippen MR) is 280 cm³/mol. The van der Waals surface area contributed by atoms with Crippen LogP contribution in [0, 0.1) is 24.7 Å². The maximum absolute atomic E-state index is 11.4. The minimum absolute atomic E-state index is 0.0972. The number of aromatic hydroxyl groups is 3. The molecule has 0 bridgehead atoms. The smallest absolute Gasteiger partial charge is 0.240 e. The Balaban J connectivity index is 0. The molecule has 6 heterocycles. The van der Waals surface area contributed by atoms with E-state index >= 15 is 0 Å². The average Bonchev–Trinajstić information content (AvgIpc) is 4.15. The molecule has 2 amide bonds. The normalized spacial score (nSPS) is 11.1. The second kappa shape index (κ2) is 35.2. The number of rotatable bonds is 8. The van der Waals surface area contributed by atoms with Crippen molar-refractivity contribution < 1.29 is 38.6 Å². The minimum Gasteiger partial charge on any atom is -0.507 e. The number of aliphatic imine (C=N–C) groups is 1. The topological polar surface area (TPSA) is 250 Å². The summed E-state index contributed by atoms with van der Waals surface area (Å²) >= 11 is 2.90. The second-order valence-electron chi connectivity index (χ2n) is 17.8. The molecule has 69 heavy (non-hydrogen) atoms. The van der Waals surface area contributed by atoms with Crippen LogP contribution in [0.1, 0.15) is 174 Å². The largest absolute Gasteiger partial charge is 0.507 e. The minimum atomic E-state index is 0.0972. The number of hydrogen-bond acceptors (Lipinski definition) is 16. The molecule has 0 aromatic carbocycles. The molecule has 388 valence electrons. The van der Waals surface area contributed by atoms with Crippen molar-refractivity contribution in [1.82, 2.24) is 35.7 Å². The van der Waals surface area contributed by atoms with Gasteiger partial charge in [-0.3, -0.25) is 19.5 Å². The molecule has 5 aromatic rings. The van der Waals surface area contributed by atoms with E-state index in [9.17, 15) is 14.4 Å². The molecule has 0 saturated heterocycles. The number of aromatic nitrogens is 4. The van der Waals surface area contributed by atoms with Crippen LogP contribution in [0.15, 0.2) is 79.1 Å². The van der Waals surface area contributed by atoms with Crippen LogP contribution in [-0.2, 0) is 14.4 Å². The predicted octanol–water partition coefficient (Wildman–Crippen LogP) is 11.5. The Kier molecular flexibility index (Phi) is 33.2. The molecule has 7 N–H and O–H groups in total. The number of nitrogens with one attached hydrogen (secondary N) is 4. The van der Waals surface area contributed by atoms with Gasteiger partial charge in [-0.2, -0.15) is 14.5 Å². The first-order valence-corrected chi connectivity index (χ1v) is 24.6. The lowest BCUT2D eigenvalue weighted by molar-refractivity contribution is -0.124. The van der Waals surface area contributed by atoms with Gasteiger partial charge in [-0.05, 0) is 42.9 Å². The van der Waals surface area contributed by atoms with Crippen LogP contribution in [0.5, 0.6) is 17.2 Å². The van der Waals surface area contributed by atoms with Crippen molar-refractivity contribution in [2.24, 2.45) is 22.7 Å². The summed E-state index contributed by atoms with van der Waals surface area (Å²) in [6.45, 7) is 37.2. The third-order valence-corrected chi connectivity index (χ3v) is 10.6. The Hall–Kier alpha value is -5.95. The summed E-state index contributed by atoms with van der Waals surface area (Å²) in [6, 6.07) is 3.44. The molecule has 19 heteroatoms. The van der Waals surface area contributed by atoms with Gasteiger partial charge in [0.1, 0.15) is 41.5 Å². The average molecular weight is 1000 g/mol. The van der Waals surface area contributed by atoms with Gasteiger partial charge in [0.05, 0.1) is 23.6 Å². The van der Waals surface area contributed by atoms with Gasteiger partial charge in [-0.15, -0.1) is 11.3 Å². The number of aromatic amines is 1. The van der Waals surface area contributed by atoms with Crippen molar-refractivity contribution in [3.63, 3.8) is 0 Å². The third-order valence-electron chi connectivity index (χ3n) is 8.74. The van der Waals surface area contributed by atoms with Gasteiger partial charge in [0.25, 0.3) is 0 Å². The van der Waals surface area contributed by atoms with Gasteiger partial charge in [0.2, 0.25) is 17.7 Å². The zero-order chi connectivity index (χ0) is 53.6. The molecule has 17 nitrogen and oxygen atoms in total. The number of carbonyl (C=O) groups excluding carboxylic acids is 2. The van der Waals surface area contributed by atoms with Gasteiger partial charge in [-0.25, -0.2) is 10.5 Å². The molecule has 1 aliphatic rings. The van der Waals surface area contributed by atoms with E-state index in [0.717, 1.165) is 28.7 Å². The maximum Gasteiger partial charge on any atom is 0.240 e. The first-order chi connectivity index (χ1) is 32.1. The number of furan rings is 1. The molecule has 1 aliphatic heterocycles. The highest BCUT2D eigenvalue weighted by molar-refractivity contribution is 7.10. The van der Waals surface area contributed by atoms with Crippen molar-refractivity contribution in [3.8, 4) is 17.2 Å². The van der Waals surface area contributed by atoms with Gasteiger partial charge >= 0.3 is 0 Å². The standard InChI is InChI=1S/C9H12O2.C7H10O2.C7H10OS.C6H10N2O.C6H9NOS.C5H9N3.2C5H11NO/c1-6(2)8-5-11-4-7(3)9(8)10;2*1-5(2)7-3-6(8)4-9-7;1-4(2)6-7-5(3)9-8-6;1-4(2)6-5(8)3-9-7-6;1-4(2)5-6-3-7-8-5;2*1-4(2)5(7)6-3/h4-6H,1-3H3;2*3-5,8H,1-2H3;4H,3H2,1-2H3,(H,7,8);3-4,8H,1-2H3;3-4H,1-2H3,(H,6,7,8);2*4H,1-3H3,(H,6,7). The van der Waals surface area contributed by atoms with Gasteiger partial charge < -0.3 is 39.6 Å². The molecule has 0 radical (unpaired) electrons. The fourth-order valence-electron chi connectivity index (χ4n) is 4.48. The summed E-state index contributed by atoms with van der Waals surface area (Å²) in [5.74, 6) is 6.72. The Bertz CT molecular complexity index is 2170. The number of amides is 2. The van der Waals surface area contributed by atoms with E-state index in [1.165, 1.54) is 41.5 Å². The SMILES string of the molecule is C=C1N=C(C(C)C)NO1.CC(C)c1cc(O)co1.CC(C)c1cc(O)cs1.CC(C)c1ncn[nH]1.CC(C)c1nscc1O.CNC(=O)C(C)C.CNC(=O)C(C)C.Cc1cocc(C(C)C)c1=O.